The fourth-order valence-corrected chi connectivity index (χ4v) is 3.07. The summed E-state index contributed by atoms with van der Waals surface area (Å²) in [4.78, 5) is 29.1. The number of benzene rings is 1. The summed E-state index contributed by atoms with van der Waals surface area (Å²) >= 11 is 0. The monoisotopic (exact) mass is 392 g/mol. The van der Waals surface area contributed by atoms with Gasteiger partial charge in [0.1, 0.15) is 17.9 Å². The Labute approximate surface area is 169 Å². The van der Waals surface area contributed by atoms with E-state index in [1.54, 1.807) is 12.3 Å². The maximum Gasteiger partial charge on any atom is 0.340 e. The Morgan fingerprint density at radius 2 is 2.07 bits per heavy atom. The van der Waals surface area contributed by atoms with E-state index in [1.165, 1.54) is 0 Å². The van der Waals surface area contributed by atoms with Gasteiger partial charge in [-0.25, -0.2) is 4.79 Å². The topological polar surface area (TPSA) is 81.4 Å². The predicted octanol–water partition coefficient (Wildman–Crippen LogP) is 3.62. The van der Waals surface area contributed by atoms with Crippen LogP contribution >= 0.6 is 0 Å². The first kappa shape index (κ1) is 20.3. The number of nitrogens with zero attached hydrogens (tertiary/aromatic N) is 1. The molecule has 1 N–H and O–H groups in total. The third kappa shape index (κ3) is 4.90. The molecule has 0 saturated carbocycles. The number of ether oxygens (including phenoxy) is 1. The predicted molar refractivity (Wildman–Crippen MR) is 112 cm³/mol. The second kappa shape index (κ2) is 8.73. The average molecular weight is 392 g/mol. The van der Waals surface area contributed by atoms with Gasteiger partial charge in [-0.3, -0.25) is 9.78 Å². The van der Waals surface area contributed by atoms with Crippen LogP contribution in [-0.4, -0.2) is 17.5 Å². The fourth-order valence-electron chi connectivity index (χ4n) is 3.07. The Morgan fingerprint density at radius 3 is 2.76 bits per heavy atom. The molecule has 0 spiro atoms. The molecule has 1 amide bonds. The van der Waals surface area contributed by atoms with E-state index in [2.05, 4.69) is 16.9 Å². The second-order valence-electron chi connectivity index (χ2n) is 7.15. The first-order chi connectivity index (χ1) is 13.8. The largest absolute Gasteiger partial charge is 0.488 e. The van der Waals surface area contributed by atoms with E-state index in [-0.39, 0.29) is 12.3 Å². The minimum absolute atomic E-state index is 0.0786. The van der Waals surface area contributed by atoms with Gasteiger partial charge in [0.05, 0.1) is 29.6 Å². The molecular weight excluding hydrogens is 368 g/mol. The van der Waals surface area contributed by atoms with Crippen LogP contribution in [0.4, 0.5) is 0 Å². The molecule has 0 radical (unpaired) electrons. The second-order valence-corrected chi connectivity index (χ2v) is 7.15. The van der Waals surface area contributed by atoms with Gasteiger partial charge >= 0.3 is 5.63 Å². The van der Waals surface area contributed by atoms with Gasteiger partial charge in [0.15, 0.2) is 0 Å². The standard InChI is InChI=1S/C23H24N2O4/c1-14(2)13-28-19-9-15(3)10-20-22(19)16(4)18(23(27)29-20)11-21(26)25-12-17-7-5-6-8-24-17/h5-10H,1,11-13H2,2-4H3,(H,25,26). The molecule has 6 nitrogen and oxygen atoms in total. The SMILES string of the molecule is C=C(C)COc1cc(C)cc2oc(=O)c(CC(=O)NCc3ccccn3)c(C)c12. The van der Waals surface area contributed by atoms with E-state index in [4.69, 9.17) is 9.15 Å². The summed E-state index contributed by atoms with van der Waals surface area (Å²) in [6.45, 7) is 10.1. The summed E-state index contributed by atoms with van der Waals surface area (Å²) in [6.07, 6.45) is 1.59. The summed E-state index contributed by atoms with van der Waals surface area (Å²) < 4.78 is 11.4. The van der Waals surface area contributed by atoms with Crippen molar-refractivity contribution >= 4 is 16.9 Å². The first-order valence-corrected chi connectivity index (χ1v) is 9.36. The lowest BCUT2D eigenvalue weighted by Crippen LogP contribution is -2.27. The summed E-state index contributed by atoms with van der Waals surface area (Å²) in [5, 5.41) is 3.49. The van der Waals surface area contributed by atoms with Crippen LogP contribution in [-0.2, 0) is 17.8 Å². The van der Waals surface area contributed by atoms with Crippen molar-refractivity contribution in [3.8, 4) is 5.75 Å². The minimum Gasteiger partial charge on any atom is -0.488 e. The number of fused-ring (bicyclic) bond motifs is 1. The lowest BCUT2D eigenvalue weighted by atomic mass is 10.0. The smallest absolute Gasteiger partial charge is 0.340 e. The van der Waals surface area contributed by atoms with E-state index in [0.717, 1.165) is 16.8 Å². The van der Waals surface area contributed by atoms with Gasteiger partial charge in [0.2, 0.25) is 5.91 Å². The van der Waals surface area contributed by atoms with Crippen LogP contribution in [0.15, 0.2) is 57.9 Å². The third-order valence-electron chi connectivity index (χ3n) is 4.49. The molecule has 3 aromatic rings. The van der Waals surface area contributed by atoms with E-state index in [1.807, 2.05) is 45.0 Å². The van der Waals surface area contributed by atoms with Gasteiger partial charge < -0.3 is 14.5 Å². The molecule has 0 aliphatic rings. The lowest BCUT2D eigenvalue weighted by Gasteiger charge is -2.14. The maximum absolute atomic E-state index is 12.5. The van der Waals surface area contributed by atoms with E-state index < -0.39 is 5.63 Å². The van der Waals surface area contributed by atoms with Crippen LogP contribution < -0.4 is 15.7 Å². The molecule has 29 heavy (non-hydrogen) atoms. The Hall–Kier alpha value is -3.41. The number of carbonyl (C=O) groups is 1. The number of rotatable bonds is 7. The molecule has 150 valence electrons. The van der Waals surface area contributed by atoms with E-state index >= 15 is 0 Å². The van der Waals surface area contributed by atoms with Crippen LogP contribution in [0.3, 0.4) is 0 Å². The van der Waals surface area contributed by atoms with Crippen molar-refractivity contribution < 1.29 is 13.9 Å². The molecule has 0 saturated heterocycles. The fraction of sp³-hybridized carbons (Fsp3) is 0.261. The summed E-state index contributed by atoms with van der Waals surface area (Å²) in [7, 11) is 0. The molecule has 0 aliphatic heterocycles. The molecule has 2 heterocycles. The molecule has 3 rings (SSSR count). The van der Waals surface area contributed by atoms with Crippen molar-refractivity contribution in [2.45, 2.75) is 33.7 Å². The molecule has 0 aliphatic carbocycles. The van der Waals surface area contributed by atoms with Crippen molar-refractivity contribution in [1.29, 1.82) is 0 Å². The zero-order chi connectivity index (χ0) is 21.0. The number of nitrogens with one attached hydrogen (secondary N) is 1. The third-order valence-corrected chi connectivity index (χ3v) is 4.49. The lowest BCUT2D eigenvalue weighted by molar-refractivity contribution is -0.120. The molecule has 1 aromatic carbocycles. The van der Waals surface area contributed by atoms with E-state index in [0.29, 0.717) is 41.0 Å². The van der Waals surface area contributed by atoms with Crippen LogP contribution in [0.1, 0.15) is 29.3 Å². The Balaban J connectivity index is 1.90. The summed E-state index contributed by atoms with van der Waals surface area (Å²) in [6, 6.07) is 9.17. The Morgan fingerprint density at radius 1 is 1.28 bits per heavy atom. The highest BCUT2D eigenvalue weighted by Gasteiger charge is 2.18. The maximum atomic E-state index is 12.5. The van der Waals surface area contributed by atoms with Crippen LogP contribution in [0.25, 0.3) is 11.0 Å². The van der Waals surface area contributed by atoms with Crippen molar-refractivity contribution in [2.75, 3.05) is 6.61 Å². The quantitative estimate of drug-likeness (QED) is 0.491. The van der Waals surface area contributed by atoms with Crippen molar-refractivity contribution in [3.63, 3.8) is 0 Å². The molecule has 0 unspecified atom stereocenters. The van der Waals surface area contributed by atoms with Gasteiger partial charge in [-0.05, 0) is 61.7 Å². The van der Waals surface area contributed by atoms with Gasteiger partial charge in [-0.1, -0.05) is 12.6 Å². The highest BCUT2D eigenvalue weighted by Crippen LogP contribution is 2.31. The molecule has 2 aromatic heterocycles. The number of carbonyl (C=O) groups excluding carboxylic acids is 1. The van der Waals surface area contributed by atoms with Gasteiger partial charge in [0.25, 0.3) is 0 Å². The minimum atomic E-state index is -0.514. The number of hydrogen-bond donors (Lipinski definition) is 1. The van der Waals surface area contributed by atoms with Gasteiger partial charge in [0, 0.05) is 6.20 Å². The zero-order valence-electron chi connectivity index (χ0n) is 16.9. The van der Waals surface area contributed by atoms with Crippen molar-refractivity contribution in [3.05, 3.63) is 81.5 Å². The van der Waals surface area contributed by atoms with Crippen LogP contribution in [0.2, 0.25) is 0 Å². The first-order valence-electron chi connectivity index (χ1n) is 9.36. The molecular formula is C23H24N2O4. The summed E-state index contributed by atoms with van der Waals surface area (Å²) in [5.41, 5.74) is 3.47. The number of aryl methyl sites for hydroxylation is 2. The number of pyridine rings is 1. The van der Waals surface area contributed by atoms with Gasteiger partial charge in [-0.2, -0.15) is 0 Å². The Bertz CT molecular complexity index is 1120. The molecule has 0 fully saturated rings. The average Bonchev–Trinajstić information content (AvgIpc) is 2.68. The number of hydrogen-bond acceptors (Lipinski definition) is 5. The summed E-state index contributed by atoms with van der Waals surface area (Å²) in [5.74, 6) is 0.335. The van der Waals surface area contributed by atoms with Crippen LogP contribution in [0, 0.1) is 13.8 Å². The van der Waals surface area contributed by atoms with E-state index in [9.17, 15) is 9.59 Å². The highest BCUT2D eigenvalue weighted by molar-refractivity contribution is 5.89. The molecule has 0 atom stereocenters. The zero-order valence-corrected chi connectivity index (χ0v) is 16.9. The van der Waals surface area contributed by atoms with Gasteiger partial charge in [-0.15, -0.1) is 0 Å². The normalized spacial score (nSPS) is 10.7. The Kier molecular flexibility index (Phi) is 6.12. The highest BCUT2D eigenvalue weighted by atomic mass is 16.5. The molecule has 6 heteroatoms. The number of aromatic nitrogens is 1. The van der Waals surface area contributed by atoms with Crippen molar-refractivity contribution in [1.82, 2.24) is 10.3 Å². The van der Waals surface area contributed by atoms with Crippen LogP contribution in [0.5, 0.6) is 5.75 Å². The molecule has 0 bridgehead atoms. The van der Waals surface area contributed by atoms with Crippen molar-refractivity contribution in [2.24, 2.45) is 0 Å². The number of amides is 1.